The van der Waals surface area contributed by atoms with E-state index >= 15 is 0 Å². The molecule has 2 amide bonds. The molecule has 3 rings (SSSR count). The molecule has 0 radical (unpaired) electrons. The maximum Gasteiger partial charge on any atom is 0.253 e. The number of halogens is 1. The topological polar surface area (TPSA) is 70.7 Å². The number of nitrogens with one attached hydrogen (secondary N) is 2. The van der Waals surface area contributed by atoms with Gasteiger partial charge in [-0.15, -0.1) is 11.3 Å². The molecule has 0 aliphatic carbocycles. The smallest absolute Gasteiger partial charge is 0.253 e. The van der Waals surface area contributed by atoms with Gasteiger partial charge in [-0.1, -0.05) is 29.8 Å². The third kappa shape index (κ3) is 6.95. The van der Waals surface area contributed by atoms with Gasteiger partial charge in [-0.25, -0.2) is 0 Å². The Morgan fingerprint density at radius 2 is 2.00 bits per heavy atom. The molecule has 1 fully saturated rings. The van der Waals surface area contributed by atoms with Gasteiger partial charge < -0.3 is 15.4 Å². The van der Waals surface area contributed by atoms with Crippen LogP contribution < -0.4 is 10.6 Å². The van der Waals surface area contributed by atoms with Crippen molar-refractivity contribution >= 4 is 46.5 Å². The van der Waals surface area contributed by atoms with Gasteiger partial charge in [0.15, 0.2) is 0 Å². The predicted molar refractivity (Wildman–Crippen MR) is 128 cm³/mol. The average molecular weight is 482 g/mol. The molecule has 2 aromatic rings. The van der Waals surface area contributed by atoms with Crippen LogP contribution in [0.1, 0.15) is 27.7 Å². The zero-order chi connectivity index (χ0) is 22.1. The minimum absolute atomic E-state index is 0.0910. The van der Waals surface area contributed by atoms with Gasteiger partial charge >= 0.3 is 0 Å². The molecule has 2 N–H and O–H groups in total. The predicted octanol–water partition coefficient (Wildman–Crippen LogP) is 3.44. The van der Waals surface area contributed by atoms with Crippen molar-refractivity contribution in [2.75, 3.05) is 44.9 Å². The summed E-state index contributed by atoms with van der Waals surface area (Å²) < 4.78 is 5.48. The second-order valence-electron chi connectivity index (χ2n) is 7.21. The molecule has 1 aromatic carbocycles. The summed E-state index contributed by atoms with van der Waals surface area (Å²) in [4.78, 5) is 29.3. The summed E-state index contributed by atoms with van der Waals surface area (Å²) in [6, 6.07) is 10.5. The lowest BCUT2D eigenvalue weighted by molar-refractivity contribution is -0.123. The van der Waals surface area contributed by atoms with Crippen LogP contribution in [0, 0.1) is 0 Å². The molecule has 1 aliphatic rings. The Bertz CT molecular complexity index is 844. The van der Waals surface area contributed by atoms with Crippen molar-refractivity contribution in [1.82, 2.24) is 15.5 Å². The Kier molecular flexibility index (Phi) is 9.67. The number of nitrogens with zero attached hydrogens (tertiary/aromatic N) is 1. The number of hydrogen-bond donors (Lipinski definition) is 2. The number of ether oxygens (including phenoxy) is 1. The molecule has 0 saturated carbocycles. The molecule has 9 heteroatoms. The zero-order valence-corrected chi connectivity index (χ0v) is 19.9. The van der Waals surface area contributed by atoms with Crippen LogP contribution in [0.5, 0.6) is 0 Å². The van der Waals surface area contributed by atoms with Crippen LogP contribution in [0.2, 0.25) is 5.02 Å². The summed E-state index contributed by atoms with van der Waals surface area (Å²) in [6.45, 7) is 3.53. The molecule has 0 spiro atoms. The summed E-state index contributed by atoms with van der Waals surface area (Å²) in [7, 11) is 0. The second kappa shape index (κ2) is 12.5. The largest absolute Gasteiger partial charge is 0.379 e. The van der Waals surface area contributed by atoms with Crippen molar-refractivity contribution in [3.8, 4) is 0 Å². The lowest BCUT2D eigenvalue weighted by Crippen LogP contribution is -2.50. The van der Waals surface area contributed by atoms with Gasteiger partial charge in [-0.05, 0) is 42.0 Å². The maximum atomic E-state index is 13.0. The lowest BCUT2D eigenvalue weighted by atomic mass is 10.1. The van der Waals surface area contributed by atoms with E-state index in [-0.39, 0.29) is 17.9 Å². The average Bonchev–Trinajstić information content (AvgIpc) is 3.32. The first kappa shape index (κ1) is 24.1. The van der Waals surface area contributed by atoms with E-state index in [1.807, 2.05) is 12.3 Å². The molecule has 6 nitrogen and oxygen atoms in total. The first-order valence-electron chi connectivity index (χ1n) is 10.3. The van der Waals surface area contributed by atoms with E-state index in [1.165, 1.54) is 4.88 Å². The van der Waals surface area contributed by atoms with Crippen molar-refractivity contribution in [3.05, 3.63) is 57.2 Å². The highest BCUT2D eigenvalue weighted by atomic mass is 35.5. The highest BCUT2D eigenvalue weighted by Crippen LogP contribution is 2.25. The van der Waals surface area contributed by atoms with Crippen molar-refractivity contribution < 1.29 is 14.3 Å². The minimum Gasteiger partial charge on any atom is -0.379 e. The Balaban J connectivity index is 1.66. The normalized spacial score (nSPS) is 16.5. The Labute approximate surface area is 196 Å². The summed E-state index contributed by atoms with van der Waals surface area (Å²) in [5, 5.41) is 8.36. The van der Waals surface area contributed by atoms with Gasteiger partial charge in [0.25, 0.3) is 5.91 Å². The fourth-order valence-electron chi connectivity index (χ4n) is 3.49. The standard InChI is InChI=1S/C22H28ClN3O3S2/c1-30-14-8-18(25-21(27)16-5-2-3-6-17(16)23)22(28)24-15-19(20-7-4-13-31-20)26-9-11-29-12-10-26/h2-7,13,18-19H,8-12,14-15H2,1H3,(H,24,28)(H,25,27)/t18-,19+/m0/s1. The van der Waals surface area contributed by atoms with Gasteiger partial charge in [-0.3, -0.25) is 14.5 Å². The number of amides is 2. The molecule has 0 unspecified atom stereocenters. The van der Waals surface area contributed by atoms with E-state index in [4.69, 9.17) is 16.3 Å². The molecule has 1 saturated heterocycles. The fourth-order valence-corrected chi connectivity index (χ4v) is 5.04. The molecular weight excluding hydrogens is 454 g/mol. The number of hydrogen-bond acceptors (Lipinski definition) is 6. The number of thiophene rings is 1. The highest BCUT2D eigenvalue weighted by Gasteiger charge is 2.27. The van der Waals surface area contributed by atoms with Crippen LogP contribution in [-0.2, 0) is 9.53 Å². The fraction of sp³-hybridized carbons (Fsp3) is 0.455. The molecule has 2 atom stereocenters. The molecule has 1 aliphatic heterocycles. The summed E-state index contributed by atoms with van der Waals surface area (Å²) in [5.74, 6) is 0.248. The first-order valence-corrected chi connectivity index (χ1v) is 12.9. The van der Waals surface area contributed by atoms with Crippen LogP contribution in [-0.4, -0.2) is 67.6 Å². The second-order valence-corrected chi connectivity index (χ2v) is 9.58. The Hall–Kier alpha value is -1.58. The van der Waals surface area contributed by atoms with Crippen LogP contribution in [0.3, 0.4) is 0 Å². The number of thioether (sulfide) groups is 1. The molecule has 1 aromatic heterocycles. The number of carbonyl (C=O) groups is 2. The summed E-state index contributed by atoms with van der Waals surface area (Å²) >= 11 is 9.48. The van der Waals surface area contributed by atoms with Crippen molar-refractivity contribution in [2.45, 2.75) is 18.5 Å². The van der Waals surface area contributed by atoms with Gasteiger partial charge in [0, 0.05) is 24.5 Å². The van der Waals surface area contributed by atoms with E-state index in [0.29, 0.717) is 36.8 Å². The third-order valence-corrected chi connectivity index (χ3v) is 7.13. The van der Waals surface area contributed by atoms with E-state index < -0.39 is 6.04 Å². The number of carbonyl (C=O) groups excluding carboxylic acids is 2. The van der Waals surface area contributed by atoms with Crippen LogP contribution in [0.15, 0.2) is 41.8 Å². The maximum absolute atomic E-state index is 13.0. The van der Waals surface area contributed by atoms with Crippen LogP contribution in [0.25, 0.3) is 0 Å². The minimum atomic E-state index is -0.620. The monoisotopic (exact) mass is 481 g/mol. The van der Waals surface area contributed by atoms with Crippen LogP contribution >= 0.6 is 34.7 Å². The number of rotatable bonds is 10. The van der Waals surface area contributed by atoms with Gasteiger partial charge in [-0.2, -0.15) is 11.8 Å². The molecular formula is C22H28ClN3O3S2. The van der Waals surface area contributed by atoms with E-state index in [2.05, 4.69) is 27.0 Å². The van der Waals surface area contributed by atoms with E-state index in [0.717, 1.165) is 18.8 Å². The Morgan fingerprint density at radius 1 is 1.23 bits per heavy atom. The van der Waals surface area contributed by atoms with E-state index in [1.54, 1.807) is 47.4 Å². The summed E-state index contributed by atoms with van der Waals surface area (Å²) in [5.41, 5.74) is 0.371. The zero-order valence-electron chi connectivity index (χ0n) is 17.5. The number of benzene rings is 1. The van der Waals surface area contributed by atoms with Gasteiger partial charge in [0.05, 0.1) is 29.8 Å². The van der Waals surface area contributed by atoms with Crippen molar-refractivity contribution in [3.63, 3.8) is 0 Å². The SMILES string of the molecule is CSCC[C@H](NC(=O)c1ccccc1Cl)C(=O)NC[C@H](c1cccs1)N1CCOCC1. The third-order valence-electron chi connectivity index (χ3n) is 5.18. The molecule has 31 heavy (non-hydrogen) atoms. The van der Waals surface area contributed by atoms with Crippen molar-refractivity contribution in [1.29, 1.82) is 0 Å². The lowest BCUT2D eigenvalue weighted by Gasteiger charge is -2.34. The van der Waals surface area contributed by atoms with Gasteiger partial charge in [0.1, 0.15) is 6.04 Å². The van der Waals surface area contributed by atoms with Crippen molar-refractivity contribution in [2.24, 2.45) is 0 Å². The molecule has 0 bridgehead atoms. The van der Waals surface area contributed by atoms with E-state index in [9.17, 15) is 9.59 Å². The molecule has 2 heterocycles. The van der Waals surface area contributed by atoms with Crippen LogP contribution in [0.4, 0.5) is 0 Å². The quantitative estimate of drug-likeness (QED) is 0.544. The first-order chi connectivity index (χ1) is 15.1. The Morgan fingerprint density at radius 3 is 2.68 bits per heavy atom. The highest BCUT2D eigenvalue weighted by molar-refractivity contribution is 7.98. The molecule has 168 valence electrons. The summed E-state index contributed by atoms with van der Waals surface area (Å²) in [6.07, 6.45) is 2.53. The number of morpholine rings is 1. The van der Waals surface area contributed by atoms with Gasteiger partial charge in [0.2, 0.25) is 5.91 Å².